The molecule has 0 radical (unpaired) electrons. The molecule has 0 saturated carbocycles. The third-order valence-electron chi connectivity index (χ3n) is 8.11. The zero-order valence-electron chi connectivity index (χ0n) is 20.4. The van der Waals surface area contributed by atoms with Crippen molar-refractivity contribution >= 4 is 22.4 Å². The van der Waals surface area contributed by atoms with Gasteiger partial charge >= 0.3 is 0 Å². The average Bonchev–Trinajstić information content (AvgIpc) is 2.92. The first kappa shape index (κ1) is 21.3. The summed E-state index contributed by atoms with van der Waals surface area (Å²) in [6.07, 6.45) is 5.50. The van der Waals surface area contributed by atoms with Gasteiger partial charge in [-0.2, -0.15) is 0 Å². The standard InChI is InChI=1S/C35H27F/c1-22-9-2-6-13-26(22)28-15-8-16-30-29(28)17-18-31-27-14-7-5-12-25(27)20-33(35(30)31)32-19-23-10-3-4-11-24(23)21-34(32)36/h2-7,9-14,17-21,33H,8,15-16H2,1H3. The van der Waals surface area contributed by atoms with Gasteiger partial charge in [0.1, 0.15) is 5.82 Å². The number of aryl methyl sites for hydroxylation is 1. The quantitative estimate of drug-likeness (QED) is 0.262. The van der Waals surface area contributed by atoms with Crippen LogP contribution in [0.25, 0.3) is 22.4 Å². The summed E-state index contributed by atoms with van der Waals surface area (Å²) in [5.41, 5.74) is 7.51. The van der Waals surface area contributed by atoms with E-state index in [9.17, 15) is 0 Å². The summed E-state index contributed by atoms with van der Waals surface area (Å²) in [4.78, 5) is 0. The predicted molar refractivity (Wildman–Crippen MR) is 147 cm³/mol. The van der Waals surface area contributed by atoms with Gasteiger partial charge in [0.2, 0.25) is 0 Å². The Balaban J connectivity index is 1.60. The van der Waals surface area contributed by atoms with E-state index in [-0.39, 0.29) is 11.7 Å². The Morgan fingerprint density at radius 3 is 2.28 bits per heavy atom. The van der Waals surface area contributed by atoms with Crippen LogP contribution >= 0.6 is 0 Å². The maximum absolute atomic E-state index is 15.8. The van der Waals surface area contributed by atoms with Crippen LogP contribution in [0.3, 0.4) is 0 Å². The highest BCUT2D eigenvalue weighted by atomic mass is 19.1. The second-order valence-corrected chi connectivity index (χ2v) is 10.2. The Kier molecular flexibility index (Phi) is 4.92. The molecular formula is C35H27F. The summed E-state index contributed by atoms with van der Waals surface area (Å²) in [7, 11) is 0. The van der Waals surface area contributed by atoms with Gasteiger partial charge in [0.15, 0.2) is 0 Å². The van der Waals surface area contributed by atoms with Gasteiger partial charge in [-0.3, -0.25) is 0 Å². The lowest BCUT2D eigenvalue weighted by Crippen LogP contribution is -2.25. The van der Waals surface area contributed by atoms with E-state index in [4.69, 9.17) is 0 Å². The Morgan fingerprint density at radius 1 is 0.694 bits per heavy atom. The monoisotopic (exact) mass is 466 g/mol. The van der Waals surface area contributed by atoms with Crippen molar-refractivity contribution in [1.29, 1.82) is 0 Å². The molecule has 0 aromatic heterocycles. The summed E-state index contributed by atoms with van der Waals surface area (Å²) in [5, 5.41) is 7.04. The van der Waals surface area contributed by atoms with Gasteiger partial charge in [-0.1, -0.05) is 91.0 Å². The fourth-order valence-electron chi connectivity index (χ4n) is 6.44. The molecule has 0 amide bonds. The second kappa shape index (κ2) is 8.31. The van der Waals surface area contributed by atoms with Crippen LogP contribution in [0.2, 0.25) is 0 Å². The number of halogens is 1. The van der Waals surface area contributed by atoms with Crippen molar-refractivity contribution in [3.8, 4) is 0 Å². The first-order chi connectivity index (χ1) is 17.7. The molecule has 0 fully saturated rings. The highest BCUT2D eigenvalue weighted by molar-refractivity contribution is 5.84. The maximum Gasteiger partial charge on any atom is 0.127 e. The number of benzene rings is 5. The summed E-state index contributed by atoms with van der Waals surface area (Å²) in [5.74, 6) is -0.248. The van der Waals surface area contributed by atoms with E-state index in [1.807, 2.05) is 18.2 Å². The summed E-state index contributed by atoms with van der Waals surface area (Å²) in [6, 6.07) is 33.7. The van der Waals surface area contributed by atoms with Gasteiger partial charge in [-0.25, -0.2) is 4.39 Å². The lowest BCUT2D eigenvalue weighted by atomic mass is 9.77. The smallest absolute Gasteiger partial charge is 0.127 e. The molecule has 0 nitrogen and oxygen atoms in total. The van der Waals surface area contributed by atoms with Crippen LogP contribution in [-0.2, 0) is 6.42 Å². The maximum atomic E-state index is 15.8. The number of rotatable bonds is 2. The molecule has 0 aliphatic heterocycles. The van der Waals surface area contributed by atoms with E-state index in [2.05, 4.69) is 85.8 Å². The highest BCUT2D eigenvalue weighted by Gasteiger charge is 2.26. The molecule has 1 atom stereocenters. The fourth-order valence-corrected chi connectivity index (χ4v) is 6.44. The van der Waals surface area contributed by atoms with E-state index in [1.165, 1.54) is 48.7 Å². The van der Waals surface area contributed by atoms with Gasteiger partial charge < -0.3 is 0 Å². The summed E-state index contributed by atoms with van der Waals surface area (Å²) >= 11 is 0. The largest absolute Gasteiger partial charge is 0.207 e. The molecule has 0 heterocycles. The highest BCUT2D eigenvalue weighted by Crippen LogP contribution is 2.37. The minimum absolute atomic E-state index is 0.120. The van der Waals surface area contributed by atoms with Crippen molar-refractivity contribution in [2.75, 3.05) is 0 Å². The van der Waals surface area contributed by atoms with Gasteiger partial charge in [-0.05, 0) is 103 Å². The Morgan fingerprint density at radius 2 is 1.42 bits per heavy atom. The Hall–Kier alpha value is -3.97. The molecule has 1 unspecified atom stereocenters. The van der Waals surface area contributed by atoms with Crippen LogP contribution in [-0.4, -0.2) is 0 Å². The van der Waals surface area contributed by atoms with Crippen molar-refractivity contribution in [1.82, 2.24) is 0 Å². The molecule has 2 aliphatic rings. The van der Waals surface area contributed by atoms with Crippen molar-refractivity contribution in [3.63, 3.8) is 0 Å². The van der Waals surface area contributed by atoms with Gasteiger partial charge in [0.25, 0.3) is 0 Å². The lowest BCUT2D eigenvalue weighted by molar-refractivity contribution is 0.611. The molecule has 0 saturated heterocycles. The Labute approximate surface area is 210 Å². The predicted octanol–water partition coefficient (Wildman–Crippen LogP) is 7.04. The van der Waals surface area contributed by atoms with Crippen LogP contribution in [0.5, 0.6) is 0 Å². The average molecular weight is 467 g/mol. The number of hydrogen-bond acceptors (Lipinski definition) is 0. The normalized spacial score (nSPS) is 16.2. The third-order valence-corrected chi connectivity index (χ3v) is 8.11. The van der Waals surface area contributed by atoms with Gasteiger partial charge in [0.05, 0.1) is 0 Å². The molecular weight excluding hydrogens is 439 g/mol. The minimum Gasteiger partial charge on any atom is -0.207 e. The number of hydrogen-bond donors (Lipinski definition) is 0. The molecule has 7 rings (SSSR count). The van der Waals surface area contributed by atoms with E-state index < -0.39 is 0 Å². The van der Waals surface area contributed by atoms with E-state index in [0.29, 0.717) is 0 Å². The zero-order chi connectivity index (χ0) is 24.2. The first-order valence-corrected chi connectivity index (χ1v) is 12.9. The Bertz CT molecular complexity index is 1890. The van der Waals surface area contributed by atoms with Gasteiger partial charge in [-0.15, -0.1) is 0 Å². The van der Waals surface area contributed by atoms with E-state index >= 15 is 4.39 Å². The van der Waals surface area contributed by atoms with Gasteiger partial charge in [0, 0.05) is 5.92 Å². The van der Waals surface area contributed by atoms with Crippen LogP contribution in [0, 0.1) is 23.2 Å². The fraction of sp³-hybridized carbons (Fsp3) is 0.143. The van der Waals surface area contributed by atoms with Crippen molar-refractivity contribution in [2.24, 2.45) is 0 Å². The summed E-state index contributed by atoms with van der Waals surface area (Å²) < 4.78 is 15.8. The summed E-state index contributed by atoms with van der Waals surface area (Å²) in [6.45, 7) is 2.20. The van der Waals surface area contributed by atoms with Crippen molar-refractivity contribution in [2.45, 2.75) is 32.1 Å². The number of fused-ring (bicyclic) bond motifs is 5. The van der Waals surface area contributed by atoms with Crippen LogP contribution in [0.4, 0.5) is 4.39 Å². The first-order valence-electron chi connectivity index (χ1n) is 12.9. The molecule has 5 aromatic carbocycles. The zero-order valence-corrected chi connectivity index (χ0v) is 20.4. The van der Waals surface area contributed by atoms with Crippen LogP contribution in [0.15, 0.2) is 97.1 Å². The molecule has 0 bridgehead atoms. The second-order valence-electron chi connectivity index (χ2n) is 10.2. The van der Waals surface area contributed by atoms with Crippen molar-refractivity contribution < 1.29 is 4.39 Å². The lowest BCUT2D eigenvalue weighted by Gasteiger charge is -2.27. The molecule has 5 aromatic rings. The molecule has 0 spiro atoms. The molecule has 1 heteroatoms. The molecule has 36 heavy (non-hydrogen) atoms. The molecule has 2 aliphatic carbocycles. The topological polar surface area (TPSA) is 0 Å². The van der Waals surface area contributed by atoms with Crippen LogP contribution in [0.1, 0.15) is 46.6 Å². The van der Waals surface area contributed by atoms with E-state index in [0.717, 1.165) is 35.6 Å². The third kappa shape index (κ3) is 3.27. The molecule has 0 N–H and O–H groups in total. The van der Waals surface area contributed by atoms with Crippen molar-refractivity contribution in [3.05, 3.63) is 152 Å². The minimum atomic E-state index is -0.128. The SMILES string of the molecule is Cc1ccccc1C1=c2ccc3c(c2CCC1)C(c1cc2ccccc2cc1F)C=c1ccccc1=3. The van der Waals surface area contributed by atoms with E-state index in [1.54, 1.807) is 6.07 Å². The van der Waals surface area contributed by atoms with Crippen LogP contribution < -0.4 is 10.4 Å². The molecule has 174 valence electrons.